The van der Waals surface area contributed by atoms with Crippen molar-refractivity contribution in [3.05, 3.63) is 0 Å². The standard InChI is InChI=1S/C12H24ClNO/c1-3-11(4-2)12(13)8-14-7-10-5-6-15-9-10/h10-12,14H,3-9H2,1-2H3. The van der Waals surface area contributed by atoms with E-state index >= 15 is 0 Å². The van der Waals surface area contributed by atoms with Gasteiger partial charge in [-0.15, -0.1) is 11.6 Å². The zero-order valence-electron chi connectivity index (χ0n) is 9.97. The minimum Gasteiger partial charge on any atom is -0.381 e. The summed E-state index contributed by atoms with van der Waals surface area (Å²) in [6, 6.07) is 0. The van der Waals surface area contributed by atoms with Gasteiger partial charge in [-0.2, -0.15) is 0 Å². The van der Waals surface area contributed by atoms with Crippen LogP contribution in [0.5, 0.6) is 0 Å². The quantitative estimate of drug-likeness (QED) is 0.683. The summed E-state index contributed by atoms with van der Waals surface area (Å²) in [5.41, 5.74) is 0. The van der Waals surface area contributed by atoms with Gasteiger partial charge in [0.25, 0.3) is 0 Å². The topological polar surface area (TPSA) is 21.3 Å². The third-order valence-electron chi connectivity index (χ3n) is 3.36. The molecular weight excluding hydrogens is 210 g/mol. The monoisotopic (exact) mass is 233 g/mol. The van der Waals surface area contributed by atoms with Crippen molar-refractivity contribution in [2.75, 3.05) is 26.3 Å². The van der Waals surface area contributed by atoms with Gasteiger partial charge < -0.3 is 10.1 Å². The van der Waals surface area contributed by atoms with Crippen molar-refractivity contribution in [2.24, 2.45) is 11.8 Å². The van der Waals surface area contributed by atoms with E-state index in [9.17, 15) is 0 Å². The molecule has 0 aromatic heterocycles. The van der Waals surface area contributed by atoms with Gasteiger partial charge in [0.05, 0.1) is 6.61 Å². The Morgan fingerprint density at radius 3 is 2.67 bits per heavy atom. The average molecular weight is 234 g/mol. The Morgan fingerprint density at radius 1 is 1.40 bits per heavy atom. The normalized spacial score (nSPS) is 23.6. The second-order valence-electron chi connectivity index (χ2n) is 4.48. The maximum absolute atomic E-state index is 6.34. The van der Waals surface area contributed by atoms with E-state index in [0.717, 1.165) is 26.3 Å². The summed E-state index contributed by atoms with van der Waals surface area (Å²) >= 11 is 6.34. The van der Waals surface area contributed by atoms with Crippen LogP contribution in [-0.2, 0) is 4.74 Å². The summed E-state index contributed by atoms with van der Waals surface area (Å²) in [5.74, 6) is 1.36. The summed E-state index contributed by atoms with van der Waals surface area (Å²) in [6.07, 6.45) is 3.56. The van der Waals surface area contributed by atoms with E-state index < -0.39 is 0 Å². The van der Waals surface area contributed by atoms with Gasteiger partial charge in [-0.3, -0.25) is 0 Å². The van der Waals surface area contributed by atoms with E-state index in [4.69, 9.17) is 16.3 Å². The molecule has 0 saturated carbocycles. The predicted molar refractivity (Wildman–Crippen MR) is 65.5 cm³/mol. The Morgan fingerprint density at radius 2 is 2.13 bits per heavy atom. The molecule has 0 aromatic carbocycles. The molecular formula is C12H24ClNO. The molecule has 0 radical (unpaired) electrons. The summed E-state index contributed by atoms with van der Waals surface area (Å²) in [5, 5.41) is 3.74. The zero-order valence-corrected chi connectivity index (χ0v) is 10.7. The van der Waals surface area contributed by atoms with Gasteiger partial charge >= 0.3 is 0 Å². The molecule has 0 aromatic rings. The lowest BCUT2D eigenvalue weighted by atomic mass is 9.99. The fourth-order valence-corrected chi connectivity index (χ4v) is 2.60. The molecule has 90 valence electrons. The van der Waals surface area contributed by atoms with Gasteiger partial charge in [0.15, 0.2) is 0 Å². The number of rotatable bonds is 7. The van der Waals surface area contributed by atoms with Gasteiger partial charge in [-0.1, -0.05) is 26.7 Å². The molecule has 0 amide bonds. The van der Waals surface area contributed by atoms with Crippen LogP contribution in [0.2, 0.25) is 0 Å². The van der Waals surface area contributed by atoms with Crippen LogP contribution in [0.4, 0.5) is 0 Å². The molecule has 1 aliphatic heterocycles. The van der Waals surface area contributed by atoms with Crippen LogP contribution in [0, 0.1) is 11.8 Å². The molecule has 1 rings (SSSR count). The van der Waals surface area contributed by atoms with E-state index in [-0.39, 0.29) is 5.38 Å². The largest absolute Gasteiger partial charge is 0.381 e. The van der Waals surface area contributed by atoms with Crippen molar-refractivity contribution in [2.45, 2.75) is 38.5 Å². The number of ether oxygens (including phenoxy) is 1. The molecule has 1 N–H and O–H groups in total. The van der Waals surface area contributed by atoms with Crippen LogP contribution in [0.3, 0.4) is 0 Å². The highest BCUT2D eigenvalue weighted by molar-refractivity contribution is 6.21. The van der Waals surface area contributed by atoms with Crippen LogP contribution in [0.25, 0.3) is 0 Å². The van der Waals surface area contributed by atoms with Gasteiger partial charge in [0.2, 0.25) is 0 Å². The van der Waals surface area contributed by atoms with Gasteiger partial charge in [0, 0.05) is 25.1 Å². The first-order valence-electron chi connectivity index (χ1n) is 6.20. The maximum Gasteiger partial charge on any atom is 0.0507 e. The fraction of sp³-hybridized carbons (Fsp3) is 1.00. The number of hydrogen-bond donors (Lipinski definition) is 1. The van der Waals surface area contributed by atoms with Crippen molar-refractivity contribution in [3.63, 3.8) is 0 Å². The number of halogens is 1. The first-order chi connectivity index (χ1) is 7.27. The number of alkyl halides is 1. The Labute approximate surface area is 98.7 Å². The van der Waals surface area contributed by atoms with Crippen molar-refractivity contribution in [3.8, 4) is 0 Å². The molecule has 1 aliphatic rings. The van der Waals surface area contributed by atoms with Gasteiger partial charge in [0.1, 0.15) is 0 Å². The van der Waals surface area contributed by atoms with Crippen LogP contribution in [0.1, 0.15) is 33.1 Å². The summed E-state index contributed by atoms with van der Waals surface area (Å²) in [7, 11) is 0. The van der Waals surface area contributed by atoms with Crippen molar-refractivity contribution in [1.82, 2.24) is 5.32 Å². The Hall–Kier alpha value is 0.210. The van der Waals surface area contributed by atoms with E-state index in [1.807, 2.05) is 0 Å². The maximum atomic E-state index is 6.34. The highest BCUT2D eigenvalue weighted by Gasteiger charge is 2.18. The molecule has 1 fully saturated rings. The fourth-order valence-electron chi connectivity index (χ4n) is 2.14. The van der Waals surface area contributed by atoms with E-state index in [1.165, 1.54) is 19.3 Å². The summed E-state index contributed by atoms with van der Waals surface area (Å²) in [6.45, 7) is 8.28. The Bertz CT molecular complexity index is 156. The second-order valence-corrected chi connectivity index (χ2v) is 5.04. The van der Waals surface area contributed by atoms with E-state index in [2.05, 4.69) is 19.2 Å². The molecule has 2 nitrogen and oxygen atoms in total. The molecule has 2 atom stereocenters. The molecule has 1 heterocycles. The van der Waals surface area contributed by atoms with Crippen LogP contribution < -0.4 is 5.32 Å². The zero-order chi connectivity index (χ0) is 11.1. The SMILES string of the molecule is CCC(CC)C(Cl)CNCC1CCOC1. The molecule has 0 aliphatic carbocycles. The minimum atomic E-state index is 0.280. The third kappa shape index (κ3) is 4.71. The molecule has 2 unspecified atom stereocenters. The Kier molecular flexibility index (Phi) is 6.62. The highest BCUT2D eigenvalue weighted by Crippen LogP contribution is 2.18. The van der Waals surface area contributed by atoms with Crippen molar-refractivity contribution in [1.29, 1.82) is 0 Å². The molecule has 0 bridgehead atoms. The number of hydrogen-bond acceptors (Lipinski definition) is 2. The minimum absolute atomic E-state index is 0.280. The summed E-state index contributed by atoms with van der Waals surface area (Å²) in [4.78, 5) is 0. The number of nitrogens with one attached hydrogen (secondary N) is 1. The van der Waals surface area contributed by atoms with Crippen LogP contribution in [0.15, 0.2) is 0 Å². The van der Waals surface area contributed by atoms with Gasteiger partial charge in [-0.25, -0.2) is 0 Å². The Balaban J connectivity index is 2.07. The first kappa shape index (κ1) is 13.3. The lowest BCUT2D eigenvalue weighted by Gasteiger charge is -2.20. The molecule has 0 spiro atoms. The van der Waals surface area contributed by atoms with Crippen molar-refractivity contribution >= 4 is 11.6 Å². The van der Waals surface area contributed by atoms with Gasteiger partial charge in [-0.05, 0) is 18.3 Å². The molecule has 3 heteroatoms. The first-order valence-corrected chi connectivity index (χ1v) is 6.64. The molecule has 1 saturated heterocycles. The average Bonchev–Trinajstić information content (AvgIpc) is 2.72. The third-order valence-corrected chi connectivity index (χ3v) is 3.87. The lowest BCUT2D eigenvalue weighted by molar-refractivity contribution is 0.185. The van der Waals surface area contributed by atoms with E-state index in [1.54, 1.807) is 0 Å². The van der Waals surface area contributed by atoms with Crippen LogP contribution in [-0.4, -0.2) is 31.7 Å². The molecule has 15 heavy (non-hydrogen) atoms. The van der Waals surface area contributed by atoms with Crippen LogP contribution >= 0.6 is 11.6 Å². The predicted octanol–water partition coefficient (Wildman–Crippen LogP) is 2.66. The summed E-state index contributed by atoms with van der Waals surface area (Å²) < 4.78 is 5.33. The highest BCUT2D eigenvalue weighted by atomic mass is 35.5. The lowest BCUT2D eigenvalue weighted by Crippen LogP contribution is -2.32. The second kappa shape index (κ2) is 7.48. The van der Waals surface area contributed by atoms with Crippen molar-refractivity contribution < 1.29 is 4.74 Å². The smallest absolute Gasteiger partial charge is 0.0507 e. The van der Waals surface area contributed by atoms with E-state index in [0.29, 0.717) is 11.8 Å².